The second-order valence-corrected chi connectivity index (χ2v) is 6.64. The highest BCUT2D eigenvalue weighted by atomic mass is 16.2. The number of rotatable bonds is 11. The van der Waals surface area contributed by atoms with E-state index in [1.807, 2.05) is 4.90 Å². The SMILES string of the molecule is CCCCCCCCCCCC(=O)N1CCC(C(N)=O)CC1. The molecule has 0 saturated carbocycles. The van der Waals surface area contributed by atoms with E-state index in [-0.39, 0.29) is 17.7 Å². The topological polar surface area (TPSA) is 63.4 Å². The molecule has 1 heterocycles. The van der Waals surface area contributed by atoms with Gasteiger partial charge in [-0.1, -0.05) is 58.3 Å². The smallest absolute Gasteiger partial charge is 0.222 e. The highest BCUT2D eigenvalue weighted by molar-refractivity contribution is 5.78. The van der Waals surface area contributed by atoms with Crippen LogP contribution in [0.4, 0.5) is 0 Å². The van der Waals surface area contributed by atoms with E-state index >= 15 is 0 Å². The van der Waals surface area contributed by atoms with Crippen molar-refractivity contribution < 1.29 is 9.59 Å². The van der Waals surface area contributed by atoms with E-state index in [9.17, 15) is 9.59 Å². The Kier molecular flexibility index (Phi) is 9.93. The summed E-state index contributed by atoms with van der Waals surface area (Å²) in [5.41, 5.74) is 5.31. The molecule has 4 heteroatoms. The van der Waals surface area contributed by atoms with Crippen LogP contribution in [-0.2, 0) is 9.59 Å². The molecule has 0 aliphatic carbocycles. The zero-order chi connectivity index (χ0) is 16.2. The number of amides is 2. The van der Waals surface area contributed by atoms with Gasteiger partial charge in [0.1, 0.15) is 0 Å². The molecule has 22 heavy (non-hydrogen) atoms. The minimum atomic E-state index is -0.217. The van der Waals surface area contributed by atoms with Gasteiger partial charge in [-0.3, -0.25) is 9.59 Å². The zero-order valence-corrected chi connectivity index (χ0v) is 14.3. The fraction of sp³-hybridized carbons (Fsp3) is 0.889. The van der Waals surface area contributed by atoms with Crippen LogP contribution in [0.3, 0.4) is 0 Å². The van der Waals surface area contributed by atoms with Crippen LogP contribution in [0.5, 0.6) is 0 Å². The molecule has 0 aromatic heterocycles. The Labute approximate surface area is 135 Å². The molecule has 0 spiro atoms. The van der Waals surface area contributed by atoms with E-state index in [2.05, 4.69) is 6.92 Å². The van der Waals surface area contributed by atoms with Crippen LogP contribution in [0, 0.1) is 5.92 Å². The maximum atomic E-state index is 12.1. The van der Waals surface area contributed by atoms with Crippen LogP contribution in [0.15, 0.2) is 0 Å². The predicted octanol–water partition coefficient (Wildman–Crippen LogP) is 3.63. The summed E-state index contributed by atoms with van der Waals surface area (Å²) >= 11 is 0. The Morgan fingerprint density at radius 2 is 1.41 bits per heavy atom. The summed E-state index contributed by atoms with van der Waals surface area (Å²) in [6.07, 6.45) is 13.6. The van der Waals surface area contributed by atoms with Gasteiger partial charge in [0.15, 0.2) is 0 Å². The Hall–Kier alpha value is -1.06. The lowest BCUT2D eigenvalue weighted by atomic mass is 9.96. The Balaban J connectivity index is 1.97. The van der Waals surface area contributed by atoms with Crippen molar-refractivity contribution in [1.82, 2.24) is 4.90 Å². The molecule has 0 unspecified atom stereocenters. The van der Waals surface area contributed by atoms with Crippen LogP contribution >= 0.6 is 0 Å². The molecule has 0 aromatic carbocycles. The summed E-state index contributed by atoms with van der Waals surface area (Å²) in [7, 11) is 0. The molecular formula is C18H34N2O2. The van der Waals surface area contributed by atoms with E-state index in [0.717, 1.165) is 25.7 Å². The van der Waals surface area contributed by atoms with Crippen molar-refractivity contribution in [1.29, 1.82) is 0 Å². The van der Waals surface area contributed by atoms with E-state index in [1.165, 1.54) is 44.9 Å². The van der Waals surface area contributed by atoms with Crippen LogP contribution in [0.1, 0.15) is 84.0 Å². The van der Waals surface area contributed by atoms with Gasteiger partial charge in [-0.15, -0.1) is 0 Å². The first-order valence-corrected chi connectivity index (χ1v) is 9.22. The maximum Gasteiger partial charge on any atom is 0.222 e. The molecule has 1 saturated heterocycles. The summed E-state index contributed by atoms with van der Waals surface area (Å²) < 4.78 is 0. The predicted molar refractivity (Wildman–Crippen MR) is 90.3 cm³/mol. The largest absolute Gasteiger partial charge is 0.369 e. The number of carbonyl (C=O) groups is 2. The number of likely N-dealkylation sites (tertiary alicyclic amines) is 1. The quantitative estimate of drug-likeness (QED) is 0.592. The Bertz CT molecular complexity index is 323. The van der Waals surface area contributed by atoms with Crippen molar-refractivity contribution >= 4 is 11.8 Å². The van der Waals surface area contributed by atoms with Gasteiger partial charge in [-0.05, 0) is 19.3 Å². The molecule has 1 rings (SSSR count). The molecule has 0 bridgehead atoms. The molecule has 128 valence electrons. The molecule has 0 radical (unpaired) electrons. The monoisotopic (exact) mass is 310 g/mol. The van der Waals surface area contributed by atoms with Crippen LogP contribution in [0.2, 0.25) is 0 Å². The van der Waals surface area contributed by atoms with Gasteiger partial charge >= 0.3 is 0 Å². The van der Waals surface area contributed by atoms with Crippen molar-refractivity contribution in [2.24, 2.45) is 11.7 Å². The van der Waals surface area contributed by atoms with Crippen molar-refractivity contribution in [3.8, 4) is 0 Å². The zero-order valence-electron chi connectivity index (χ0n) is 14.3. The normalized spacial score (nSPS) is 16.0. The summed E-state index contributed by atoms with van der Waals surface area (Å²) in [5, 5.41) is 0. The minimum absolute atomic E-state index is 0.0308. The fourth-order valence-electron chi connectivity index (χ4n) is 3.16. The second-order valence-electron chi connectivity index (χ2n) is 6.64. The third kappa shape index (κ3) is 7.81. The standard InChI is InChI=1S/C18H34N2O2/c1-2-3-4-5-6-7-8-9-10-11-17(21)20-14-12-16(13-15-20)18(19)22/h16H,2-15H2,1H3,(H2,19,22). The summed E-state index contributed by atoms with van der Waals surface area (Å²) in [5.74, 6) is 0.00802. The first kappa shape index (κ1) is 19.0. The lowest BCUT2D eigenvalue weighted by molar-refractivity contribution is -0.135. The van der Waals surface area contributed by atoms with Gasteiger partial charge in [0.25, 0.3) is 0 Å². The highest BCUT2D eigenvalue weighted by Gasteiger charge is 2.25. The van der Waals surface area contributed by atoms with Crippen molar-refractivity contribution in [2.75, 3.05) is 13.1 Å². The molecule has 1 aliphatic rings. The van der Waals surface area contributed by atoms with E-state index in [0.29, 0.717) is 19.5 Å². The number of hydrogen-bond acceptors (Lipinski definition) is 2. The van der Waals surface area contributed by atoms with Gasteiger partial charge < -0.3 is 10.6 Å². The molecule has 0 aromatic rings. The lowest BCUT2D eigenvalue weighted by Crippen LogP contribution is -2.41. The van der Waals surface area contributed by atoms with Crippen LogP contribution in [0.25, 0.3) is 0 Å². The number of carbonyl (C=O) groups excluding carboxylic acids is 2. The van der Waals surface area contributed by atoms with Crippen molar-refractivity contribution in [2.45, 2.75) is 84.0 Å². The van der Waals surface area contributed by atoms with Crippen LogP contribution in [-0.4, -0.2) is 29.8 Å². The maximum absolute atomic E-state index is 12.1. The fourth-order valence-corrected chi connectivity index (χ4v) is 3.16. The highest BCUT2D eigenvalue weighted by Crippen LogP contribution is 2.18. The first-order chi connectivity index (χ1) is 10.6. The lowest BCUT2D eigenvalue weighted by Gasteiger charge is -2.30. The number of unbranched alkanes of at least 4 members (excludes halogenated alkanes) is 8. The van der Waals surface area contributed by atoms with E-state index < -0.39 is 0 Å². The Morgan fingerprint density at radius 1 is 0.909 bits per heavy atom. The molecule has 4 nitrogen and oxygen atoms in total. The average molecular weight is 310 g/mol. The van der Waals surface area contributed by atoms with Gasteiger partial charge in [0.05, 0.1) is 0 Å². The number of piperidine rings is 1. The number of nitrogens with zero attached hydrogens (tertiary/aromatic N) is 1. The Morgan fingerprint density at radius 3 is 1.91 bits per heavy atom. The van der Waals surface area contributed by atoms with Gasteiger partial charge in [-0.25, -0.2) is 0 Å². The summed E-state index contributed by atoms with van der Waals surface area (Å²) in [6.45, 7) is 3.64. The van der Waals surface area contributed by atoms with Crippen LogP contribution < -0.4 is 5.73 Å². The third-order valence-electron chi connectivity index (χ3n) is 4.74. The number of hydrogen-bond donors (Lipinski definition) is 1. The van der Waals surface area contributed by atoms with E-state index in [1.54, 1.807) is 0 Å². The summed E-state index contributed by atoms with van der Waals surface area (Å²) in [4.78, 5) is 25.1. The molecule has 2 amide bonds. The van der Waals surface area contributed by atoms with Crippen molar-refractivity contribution in [3.63, 3.8) is 0 Å². The average Bonchev–Trinajstić information content (AvgIpc) is 2.53. The molecular weight excluding hydrogens is 276 g/mol. The molecule has 0 atom stereocenters. The second kappa shape index (κ2) is 11.5. The molecule has 1 fully saturated rings. The number of nitrogens with two attached hydrogens (primary N) is 1. The van der Waals surface area contributed by atoms with Gasteiger partial charge in [0.2, 0.25) is 11.8 Å². The minimum Gasteiger partial charge on any atom is -0.369 e. The molecule has 1 aliphatic heterocycles. The summed E-state index contributed by atoms with van der Waals surface area (Å²) in [6, 6.07) is 0. The molecule has 2 N–H and O–H groups in total. The van der Waals surface area contributed by atoms with Gasteiger partial charge in [-0.2, -0.15) is 0 Å². The number of primary amides is 1. The van der Waals surface area contributed by atoms with Crippen molar-refractivity contribution in [3.05, 3.63) is 0 Å². The van der Waals surface area contributed by atoms with Gasteiger partial charge in [0, 0.05) is 25.4 Å². The van der Waals surface area contributed by atoms with E-state index in [4.69, 9.17) is 5.73 Å². The first-order valence-electron chi connectivity index (χ1n) is 9.22. The third-order valence-corrected chi connectivity index (χ3v) is 4.74.